The number of aryl methyl sites for hydroxylation is 1. The van der Waals surface area contributed by atoms with Crippen molar-refractivity contribution in [2.45, 2.75) is 37.4 Å². The fourth-order valence-corrected chi connectivity index (χ4v) is 3.59. The molecule has 8 heteroatoms. The van der Waals surface area contributed by atoms with Gasteiger partial charge in [0.15, 0.2) is 16.7 Å². The zero-order valence-electron chi connectivity index (χ0n) is 14.4. The average molecular weight is 362 g/mol. The Labute approximate surface area is 151 Å². The van der Waals surface area contributed by atoms with Crippen LogP contribution in [-0.4, -0.2) is 40.6 Å². The van der Waals surface area contributed by atoms with Gasteiger partial charge < -0.3 is 19.4 Å². The van der Waals surface area contributed by atoms with Crippen LogP contribution in [0.25, 0.3) is 0 Å². The van der Waals surface area contributed by atoms with Gasteiger partial charge in [-0.05, 0) is 25.0 Å². The van der Waals surface area contributed by atoms with Gasteiger partial charge in [0.1, 0.15) is 5.82 Å². The molecular formula is C17H22N4O3S. The van der Waals surface area contributed by atoms with Crippen LogP contribution in [0.1, 0.15) is 25.1 Å². The third kappa shape index (κ3) is 4.25. The van der Waals surface area contributed by atoms with Crippen molar-refractivity contribution in [3.05, 3.63) is 24.0 Å². The van der Waals surface area contributed by atoms with Gasteiger partial charge in [0.05, 0.1) is 20.0 Å². The second kappa shape index (κ2) is 8.24. The molecule has 3 rings (SSSR count). The van der Waals surface area contributed by atoms with Gasteiger partial charge in [0, 0.05) is 24.7 Å². The van der Waals surface area contributed by atoms with Gasteiger partial charge in [0.2, 0.25) is 5.91 Å². The van der Waals surface area contributed by atoms with E-state index in [1.54, 1.807) is 32.4 Å². The van der Waals surface area contributed by atoms with Crippen LogP contribution >= 0.6 is 11.8 Å². The first-order chi connectivity index (χ1) is 12.2. The summed E-state index contributed by atoms with van der Waals surface area (Å²) in [5.74, 6) is 2.42. The van der Waals surface area contributed by atoms with Crippen molar-refractivity contribution < 1.29 is 14.3 Å². The molecule has 0 spiro atoms. The van der Waals surface area contributed by atoms with Crippen molar-refractivity contribution in [1.29, 1.82) is 0 Å². The second-order valence-electron chi connectivity index (χ2n) is 5.77. The molecular weight excluding hydrogens is 340 g/mol. The van der Waals surface area contributed by atoms with Gasteiger partial charge in [-0.3, -0.25) is 4.79 Å². The van der Waals surface area contributed by atoms with Crippen LogP contribution in [0, 0.1) is 0 Å². The van der Waals surface area contributed by atoms with Gasteiger partial charge in [-0.25, -0.2) is 0 Å². The van der Waals surface area contributed by atoms with E-state index in [9.17, 15) is 4.79 Å². The van der Waals surface area contributed by atoms with Crippen LogP contribution in [0.3, 0.4) is 0 Å². The molecule has 1 aliphatic rings. The summed E-state index contributed by atoms with van der Waals surface area (Å²) in [6, 6.07) is 5.29. The molecule has 0 fully saturated rings. The van der Waals surface area contributed by atoms with Crippen LogP contribution in [0.15, 0.2) is 23.4 Å². The number of carbonyl (C=O) groups excluding carboxylic acids is 1. The van der Waals surface area contributed by atoms with E-state index in [-0.39, 0.29) is 11.7 Å². The maximum absolute atomic E-state index is 12.2. The van der Waals surface area contributed by atoms with Crippen molar-refractivity contribution in [3.8, 4) is 11.5 Å². The predicted octanol–water partition coefficient (Wildman–Crippen LogP) is 2.75. The summed E-state index contributed by atoms with van der Waals surface area (Å²) < 4.78 is 12.6. The Kier molecular flexibility index (Phi) is 5.80. The minimum atomic E-state index is -0.0943. The quantitative estimate of drug-likeness (QED) is 0.796. The Morgan fingerprint density at radius 2 is 2.04 bits per heavy atom. The van der Waals surface area contributed by atoms with E-state index in [0.29, 0.717) is 17.2 Å². The summed E-state index contributed by atoms with van der Waals surface area (Å²) >= 11 is 1.42. The predicted molar refractivity (Wildman–Crippen MR) is 96.5 cm³/mol. The maximum atomic E-state index is 12.2. The van der Waals surface area contributed by atoms with Crippen LogP contribution in [0.4, 0.5) is 5.69 Å². The molecule has 1 aromatic heterocycles. The van der Waals surface area contributed by atoms with Gasteiger partial charge in [0.25, 0.3) is 0 Å². The van der Waals surface area contributed by atoms with Crippen LogP contribution in [0.2, 0.25) is 0 Å². The Morgan fingerprint density at radius 1 is 1.20 bits per heavy atom. The lowest BCUT2D eigenvalue weighted by atomic mass is 10.2. The van der Waals surface area contributed by atoms with Crippen LogP contribution < -0.4 is 14.8 Å². The number of hydrogen-bond acceptors (Lipinski definition) is 6. The topological polar surface area (TPSA) is 78.3 Å². The smallest absolute Gasteiger partial charge is 0.234 e. The second-order valence-corrected chi connectivity index (χ2v) is 6.71. The number of nitrogens with one attached hydrogen (secondary N) is 1. The lowest BCUT2D eigenvalue weighted by Crippen LogP contribution is -2.15. The van der Waals surface area contributed by atoms with Crippen molar-refractivity contribution in [2.24, 2.45) is 0 Å². The molecule has 0 unspecified atom stereocenters. The molecule has 0 saturated carbocycles. The van der Waals surface area contributed by atoms with Crippen LogP contribution in [0.5, 0.6) is 11.5 Å². The number of anilines is 1. The molecule has 0 radical (unpaired) electrons. The van der Waals surface area contributed by atoms with Gasteiger partial charge in [-0.2, -0.15) is 0 Å². The number of hydrogen-bond donors (Lipinski definition) is 1. The number of carbonyl (C=O) groups is 1. The van der Waals surface area contributed by atoms with E-state index >= 15 is 0 Å². The number of fused-ring (bicyclic) bond motifs is 1. The van der Waals surface area contributed by atoms with Gasteiger partial charge in [-0.1, -0.05) is 18.2 Å². The number of ether oxygens (including phenoxy) is 2. The Hall–Kier alpha value is -2.22. The number of amides is 1. The van der Waals surface area contributed by atoms with E-state index in [4.69, 9.17) is 9.47 Å². The van der Waals surface area contributed by atoms with E-state index in [1.165, 1.54) is 18.2 Å². The summed E-state index contributed by atoms with van der Waals surface area (Å²) in [5.41, 5.74) is 0.670. The Balaban J connectivity index is 1.59. The molecule has 1 N–H and O–H groups in total. The highest BCUT2D eigenvalue weighted by Crippen LogP contribution is 2.30. The molecule has 25 heavy (non-hydrogen) atoms. The van der Waals surface area contributed by atoms with Crippen molar-refractivity contribution in [3.63, 3.8) is 0 Å². The van der Waals surface area contributed by atoms with Gasteiger partial charge >= 0.3 is 0 Å². The summed E-state index contributed by atoms with van der Waals surface area (Å²) in [6.07, 6.45) is 4.47. The van der Waals surface area contributed by atoms with E-state index in [2.05, 4.69) is 20.1 Å². The first kappa shape index (κ1) is 17.6. The lowest BCUT2D eigenvalue weighted by Gasteiger charge is -2.10. The summed E-state index contributed by atoms with van der Waals surface area (Å²) in [5, 5.41) is 12.2. The molecule has 7 nitrogen and oxygen atoms in total. The van der Waals surface area contributed by atoms with Crippen molar-refractivity contribution >= 4 is 23.4 Å². The lowest BCUT2D eigenvalue weighted by molar-refractivity contribution is -0.113. The van der Waals surface area contributed by atoms with Crippen LogP contribution in [-0.2, 0) is 17.8 Å². The first-order valence-electron chi connectivity index (χ1n) is 8.28. The highest BCUT2D eigenvalue weighted by molar-refractivity contribution is 7.99. The number of methoxy groups -OCH3 is 2. The number of thioether (sulfide) groups is 1. The van der Waals surface area contributed by atoms with E-state index in [1.807, 2.05) is 0 Å². The highest BCUT2D eigenvalue weighted by Gasteiger charge is 2.16. The molecule has 1 amide bonds. The Morgan fingerprint density at radius 3 is 2.84 bits per heavy atom. The summed E-state index contributed by atoms with van der Waals surface area (Å²) in [4.78, 5) is 12.2. The van der Waals surface area contributed by atoms with E-state index < -0.39 is 0 Å². The minimum Gasteiger partial charge on any atom is -0.493 e. The SMILES string of the molecule is COc1ccc(NC(=O)CSc2nnc3n2CCCCC3)cc1OC. The number of aromatic nitrogens is 3. The first-order valence-corrected chi connectivity index (χ1v) is 9.26. The molecule has 0 saturated heterocycles. The number of rotatable bonds is 6. The fourth-order valence-electron chi connectivity index (χ4n) is 2.81. The number of nitrogens with zero attached hydrogens (tertiary/aromatic N) is 3. The molecule has 0 aliphatic carbocycles. The Bertz CT molecular complexity index is 747. The van der Waals surface area contributed by atoms with E-state index in [0.717, 1.165) is 36.8 Å². The molecule has 0 atom stereocenters. The summed E-state index contributed by atoms with van der Waals surface area (Å²) in [7, 11) is 3.14. The molecule has 2 aromatic rings. The standard InChI is InChI=1S/C17H22N4O3S/c1-23-13-8-7-12(10-14(13)24-2)18-16(22)11-25-17-20-19-15-6-4-3-5-9-21(15)17/h7-8,10H,3-6,9,11H2,1-2H3,(H,18,22). The molecule has 2 heterocycles. The largest absolute Gasteiger partial charge is 0.493 e. The van der Waals surface area contributed by atoms with Gasteiger partial charge in [-0.15, -0.1) is 10.2 Å². The normalized spacial score (nSPS) is 13.7. The molecule has 0 bridgehead atoms. The highest BCUT2D eigenvalue weighted by atomic mass is 32.2. The zero-order chi connectivity index (χ0) is 17.6. The maximum Gasteiger partial charge on any atom is 0.234 e. The average Bonchev–Trinajstić information content (AvgIpc) is 2.86. The number of benzene rings is 1. The fraction of sp³-hybridized carbons (Fsp3) is 0.471. The third-order valence-corrected chi connectivity index (χ3v) is 5.04. The van der Waals surface area contributed by atoms with Crippen molar-refractivity contribution in [2.75, 3.05) is 25.3 Å². The molecule has 1 aromatic carbocycles. The molecule has 1 aliphatic heterocycles. The zero-order valence-corrected chi connectivity index (χ0v) is 15.3. The minimum absolute atomic E-state index is 0.0943. The monoisotopic (exact) mass is 362 g/mol. The summed E-state index contributed by atoms with van der Waals surface area (Å²) in [6.45, 7) is 0.933. The molecule has 134 valence electrons. The van der Waals surface area contributed by atoms with Crippen molar-refractivity contribution in [1.82, 2.24) is 14.8 Å². The third-order valence-electron chi connectivity index (χ3n) is 4.08.